The van der Waals surface area contributed by atoms with Crippen LogP contribution in [0.15, 0.2) is 68.9 Å². The van der Waals surface area contributed by atoms with E-state index in [0.717, 1.165) is 16.7 Å². The third kappa shape index (κ3) is 3.86. The average molecular weight is 536 g/mol. The number of furan rings is 1. The molecule has 2 unspecified atom stereocenters. The second-order valence-electron chi connectivity index (χ2n) is 10.3. The van der Waals surface area contributed by atoms with Crippen molar-refractivity contribution in [3.8, 4) is 0 Å². The van der Waals surface area contributed by atoms with Crippen molar-refractivity contribution in [3.05, 3.63) is 76.2 Å². The van der Waals surface area contributed by atoms with Crippen molar-refractivity contribution in [3.63, 3.8) is 0 Å². The number of fused-ring (bicyclic) bond motifs is 2. The van der Waals surface area contributed by atoms with E-state index in [4.69, 9.17) is 23.4 Å². The lowest BCUT2D eigenvalue weighted by Crippen LogP contribution is -2.39. The number of nitrogens with zero attached hydrogens (tertiary/aromatic N) is 5. The molecule has 0 radical (unpaired) electrons. The maximum Gasteiger partial charge on any atom is 0.271 e. The van der Waals surface area contributed by atoms with E-state index in [0.29, 0.717) is 43.6 Å². The highest BCUT2D eigenvalue weighted by molar-refractivity contribution is 7.68. The molecule has 6 rings (SSSR count). The normalized spacial score (nSPS) is 24.3. The fourth-order valence-electron chi connectivity index (χ4n) is 5.41. The number of benzene rings is 2. The Labute approximate surface area is 221 Å². The smallest absolute Gasteiger partial charge is 0.271 e. The fraction of sp³-hybridized carbons (Fsp3) is 0.370. The Hall–Kier alpha value is -3.46. The van der Waals surface area contributed by atoms with Gasteiger partial charge in [-0.2, -0.15) is 0 Å². The van der Waals surface area contributed by atoms with Crippen molar-refractivity contribution in [2.24, 2.45) is 9.74 Å². The number of non-ortho nitro benzene ring substituents is 1. The minimum atomic E-state index is -3.01. The van der Waals surface area contributed by atoms with Gasteiger partial charge in [0.15, 0.2) is 5.76 Å². The number of rotatable bonds is 4. The molecular weight excluding hydrogens is 505 g/mol. The Bertz CT molecular complexity index is 1490. The van der Waals surface area contributed by atoms with Crippen LogP contribution >= 0.6 is 7.43 Å². The highest BCUT2D eigenvalue weighted by Crippen LogP contribution is 2.61. The molecule has 2 atom stereocenters. The molecule has 38 heavy (non-hydrogen) atoms. The molecule has 3 aliphatic heterocycles. The molecule has 3 aromatic rings. The Morgan fingerprint density at radius 1 is 1.16 bits per heavy atom. The summed E-state index contributed by atoms with van der Waals surface area (Å²) in [5.74, 6) is 0.856. The molecule has 0 bridgehead atoms. The Balaban J connectivity index is 1.66. The topological polar surface area (TPSA) is 106 Å². The van der Waals surface area contributed by atoms with Crippen molar-refractivity contribution in [2.75, 3.05) is 38.3 Å². The van der Waals surface area contributed by atoms with Crippen LogP contribution in [0.1, 0.15) is 32.1 Å². The first-order valence-electron chi connectivity index (χ1n) is 12.6. The summed E-state index contributed by atoms with van der Waals surface area (Å²) in [6.45, 7) is 9.01. The van der Waals surface area contributed by atoms with Crippen LogP contribution in [0.5, 0.6) is 0 Å². The monoisotopic (exact) mass is 535 g/mol. The predicted octanol–water partition coefficient (Wildman–Crippen LogP) is 5.73. The molecule has 0 N–H and O–H groups in total. The van der Waals surface area contributed by atoms with Crippen molar-refractivity contribution < 1.29 is 18.6 Å². The van der Waals surface area contributed by atoms with E-state index in [9.17, 15) is 10.1 Å². The summed E-state index contributed by atoms with van der Waals surface area (Å²) in [6, 6.07) is 14.6. The minimum absolute atomic E-state index is 0.0194. The molecule has 1 aromatic heterocycles. The quantitative estimate of drug-likeness (QED) is 0.239. The first-order valence-corrected chi connectivity index (χ1v) is 14.3. The Morgan fingerprint density at radius 3 is 2.66 bits per heavy atom. The second-order valence-corrected chi connectivity index (χ2v) is 12.9. The molecule has 1 fully saturated rings. The predicted molar refractivity (Wildman–Crippen MR) is 147 cm³/mol. The fourth-order valence-corrected chi connectivity index (χ4v) is 8.43. The van der Waals surface area contributed by atoms with E-state index >= 15 is 0 Å². The summed E-state index contributed by atoms with van der Waals surface area (Å²) < 4.78 is 25.7. The lowest BCUT2D eigenvalue weighted by Gasteiger charge is -2.40. The highest BCUT2D eigenvalue weighted by atomic mass is 31.2. The average Bonchev–Trinajstić information content (AvgIpc) is 3.52. The summed E-state index contributed by atoms with van der Waals surface area (Å²) in [4.78, 5) is 18.4. The van der Waals surface area contributed by atoms with Gasteiger partial charge in [0.25, 0.3) is 11.6 Å². The number of aliphatic imine (C=N–C) groups is 1. The molecule has 4 heterocycles. The number of morpholine rings is 1. The van der Waals surface area contributed by atoms with Crippen LogP contribution in [0.2, 0.25) is 0 Å². The maximum atomic E-state index is 11.6. The Kier molecular flexibility index (Phi) is 5.94. The molecule has 0 aliphatic carbocycles. The number of nitro benzene ring substituents is 1. The van der Waals surface area contributed by atoms with Gasteiger partial charge in [0.05, 0.1) is 41.1 Å². The molecule has 11 heteroatoms. The third-order valence-electron chi connectivity index (χ3n) is 7.94. The molecule has 0 saturated carbocycles. The molecule has 3 aliphatic rings. The number of ether oxygens (including phenoxy) is 1. The maximum absolute atomic E-state index is 11.6. The number of nitro groups is 1. The molecular formula is C27H30N5O5P. The van der Waals surface area contributed by atoms with Gasteiger partial charge in [-0.15, -0.1) is 0 Å². The summed E-state index contributed by atoms with van der Waals surface area (Å²) >= 11 is 0. The van der Waals surface area contributed by atoms with Gasteiger partial charge in [0, 0.05) is 49.4 Å². The minimum Gasteiger partial charge on any atom is -0.459 e. The first kappa shape index (κ1) is 24.9. The highest BCUT2D eigenvalue weighted by Gasteiger charge is 2.46. The van der Waals surface area contributed by atoms with Gasteiger partial charge < -0.3 is 18.6 Å². The van der Waals surface area contributed by atoms with Crippen LogP contribution in [0, 0.1) is 10.1 Å². The lowest BCUT2D eigenvalue weighted by atomic mass is 9.81. The SMILES string of the molecule is CC1N(C)c2cc3c(cc2C1(C)C)P(=Nc1cccc([N+](=O)[O-])c1)(N1CCOCC1)OC(c1ccco1)=N3. The molecule has 10 nitrogen and oxygen atoms in total. The zero-order valence-corrected chi connectivity index (χ0v) is 22.7. The van der Waals surface area contributed by atoms with E-state index in [-0.39, 0.29) is 17.1 Å². The molecule has 0 amide bonds. The van der Waals surface area contributed by atoms with E-state index in [1.807, 2.05) is 6.07 Å². The van der Waals surface area contributed by atoms with Crippen LogP contribution < -0.4 is 10.2 Å². The Morgan fingerprint density at radius 2 is 1.95 bits per heavy atom. The van der Waals surface area contributed by atoms with Crippen LogP contribution in [0.4, 0.5) is 22.7 Å². The van der Waals surface area contributed by atoms with E-state index in [2.05, 4.69) is 49.5 Å². The molecule has 2 aromatic carbocycles. The number of likely N-dealkylation sites (N-methyl/N-ethyl adjacent to an activating group) is 1. The zero-order chi connectivity index (χ0) is 26.7. The summed E-state index contributed by atoms with van der Waals surface area (Å²) in [5, 5.41) is 12.5. The first-order chi connectivity index (χ1) is 18.2. The standard InChI is InChI=1S/C27H30N5O5P/c1-18-27(2,3)21-16-25-22(17-23(21)30(18)4)28-26(24-9-6-12-36-24)37-38(25,31-10-13-35-14-11-31)29-19-7-5-8-20(15-19)32(33)34/h5-9,12,15-18H,10-11,13-14H2,1-4H3. The van der Waals surface area contributed by atoms with Crippen molar-refractivity contribution in [1.29, 1.82) is 0 Å². The zero-order valence-electron chi connectivity index (χ0n) is 21.8. The van der Waals surface area contributed by atoms with Crippen LogP contribution in [0.25, 0.3) is 0 Å². The number of hydrogen-bond acceptors (Lipinski definition) is 8. The summed E-state index contributed by atoms with van der Waals surface area (Å²) in [7, 11) is -0.896. The van der Waals surface area contributed by atoms with Crippen LogP contribution in [0.3, 0.4) is 0 Å². The van der Waals surface area contributed by atoms with Gasteiger partial charge in [-0.3, -0.25) is 10.1 Å². The van der Waals surface area contributed by atoms with E-state index in [1.165, 1.54) is 17.7 Å². The molecule has 0 spiro atoms. The molecule has 1 saturated heterocycles. The van der Waals surface area contributed by atoms with Gasteiger partial charge in [-0.1, -0.05) is 19.9 Å². The van der Waals surface area contributed by atoms with Gasteiger partial charge in [-0.25, -0.2) is 14.4 Å². The number of anilines is 1. The van der Waals surface area contributed by atoms with Crippen molar-refractivity contribution in [2.45, 2.75) is 32.2 Å². The summed E-state index contributed by atoms with van der Waals surface area (Å²) in [5.41, 5.74) is 3.45. The van der Waals surface area contributed by atoms with Gasteiger partial charge in [0.1, 0.15) is 0 Å². The van der Waals surface area contributed by atoms with Crippen molar-refractivity contribution in [1.82, 2.24) is 4.67 Å². The van der Waals surface area contributed by atoms with E-state index in [1.54, 1.807) is 24.5 Å². The van der Waals surface area contributed by atoms with Gasteiger partial charge in [-0.05, 0) is 42.8 Å². The third-order valence-corrected chi connectivity index (χ3v) is 11.0. The largest absolute Gasteiger partial charge is 0.459 e. The number of hydrogen-bond donors (Lipinski definition) is 0. The van der Waals surface area contributed by atoms with E-state index < -0.39 is 12.4 Å². The second kappa shape index (κ2) is 9.08. The lowest BCUT2D eigenvalue weighted by molar-refractivity contribution is -0.384. The van der Waals surface area contributed by atoms with Crippen LogP contribution in [-0.4, -0.2) is 54.9 Å². The van der Waals surface area contributed by atoms with Gasteiger partial charge in [0.2, 0.25) is 7.43 Å². The summed E-state index contributed by atoms with van der Waals surface area (Å²) in [6.07, 6.45) is 1.59. The van der Waals surface area contributed by atoms with Gasteiger partial charge >= 0.3 is 0 Å². The molecule has 198 valence electrons. The van der Waals surface area contributed by atoms with Crippen molar-refractivity contribution >= 4 is 41.4 Å². The van der Waals surface area contributed by atoms with Crippen LogP contribution in [-0.2, 0) is 14.7 Å².